The summed E-state index contributed by atoms with van der Waals surface area (Å²) in [6.45, 7) is 2.36. The predicted octanol–water partition coefficient (Wildman–Crippen LogP) is 1.41. The van der Waals surface area contributed by atoms with Crippen molar-refractivity contribution in [3.63, 3.8) is 0 Å². The number of nitrogens with one attached hydrogen (secondary N) is 1. The standard InChI is InChI=1S/C12H16FN3O3/c1-8(7-15(2)3)14-12(17)10-6-9(16(18)19)4-5-11(10)13/h4-6,8H,7H2,1-3H3,(H,14,17). The van der Waals surface area contributed by atoms with E-state index in [1.165, 1.54) is 0 Å². The van der Waals surface area contributed by atoms with Crippen LogP contribution >= 0.6 is 0 Å². The average Bonchev–Trinajstić information content (AvgIpc) is 2.27. The van der Waals surface area contributed by atoms with Crippen LogP contribution in [0.3, 0.4) is 0 Å². The third kappa shape index (κ3) is 4.29. The van der Waals surface area contributed by atoms with Gasteiger partial charge in [-0.25, -0.2) is 4.39 Å². The Kier molecular flexibility index (Phi) is 4.94. The van der Waals surface area contributed by atoms with E-state index >= 15 is 0 Å². The molecule has 7 heteroatoms. The van der Waals surface area contributed by atoms with Gasteiger partial charge in [-0.05, 0) is 27.1 Å². The molecule has 0 bridgehead atoms. The normalized spacial score (nSPS) is 12.3. The number of nitro groups is 1. The molecule has 0 saturated heterocycles. The molecule has 0 aliphatic heterocycles. The molecule has 1 amide bonds. The first-order valence-electron chi connectivity index (χ1n) is 5.70. The van der Waals surface area contributed by atoms with E-state index in [4.69, 9.17) is 0 Å². The van der Waals surface area contributed by atoms with Crippen LogP contribution in [0.25, 0.3) is 0 Å². The van der Waals surface area contributed by atoms with Crippen LogP contribution in [0.1, 0.15) is 17.3 Å². The highest BCUT2D eigenvalue weighted by Gasteiger charge is 2.18. The van der Waals surface area contributed by atoms with Gasteiger partial charge in [0.15, 0.2) is 0 Å². The average molecular weight is 269 g/mol. The third-order valence-corrected chi connectivity index (χ3v) is 2.42. The zero-order valence-electron chi connectivity index (χ0n) is 11.0. The lowest BCUT2D eigenvalue weighted by atomic mass is 10.1. The SMILES string of the molecule is CC(CN(C)C)NC(=O)c1cc([N+](=O)[O-])ccc1F. The molecule has 19 heavy (non-hydrogen) atoms. The fraction of sp³-hybridized carbons (Fsp3) is 0.417. The molecule has 1 N–H and O–H groups in total. The van der Waals surface area contributed by atoms with Crippen LogP contribution in [0.2, 0.25) is 0 Å². The van der Waals surface area contributed by atoms with Crippen LogP contribution in [-0.2, 0) is 0 Å². The van der Waals surface area contributed by atoms with Crippen molar-refractivity contribution in [1.29, 1.82) is 0 Å². The van der Waals surface area contributed by atoms with E-state index in [2.05, 4.69) is 5.32 Å². The number of amides is 1. The summed E-state index contributed by atoms with van der Waals surface area (Å²) in [5.74, 6) is -1.43. The molecule has 1 aromatic rings. The number of non-ortho nitro benzene ring substituents is 1. The predicted molar refractivity (Wildman–Crippen MR) is 68.5 cm³/mol. The summed E-state index contributed by atoms with van der Waals surface area (Å²) < 4.78 is 13.5. The molecule has 0 aromatic heterocycles. The Morgan fingerprint density at radius 1 is 1.53 bits per heavy atom. The number of rotatable bonds is 5. The van der Waals surface area contributed by atoms with Crippen molar-refractivity contribution in [3.8, 4) is 0 Å². The number of likely N-dealkylation sites (N-methyl/N-ethyl adjacent to an activating group) is 1. The number of nitro benzene ring substituents is 1. The lowest BCUT2D eigenvalue weighted by molar-refractivity contribution is -0.384. The third-order valence-electron chi connectivity index (χ3n) is 2.42. The molecule has 0 spiro atoms. The molecule has 0 heterocycles. The van der Waals surface area contributed by atoms with E-state index in [1.54, 1.807) is 6.92 Å². The zero-order chi connectivity index (χ0) is 14.6. The number of hydrogen-bond acceptors (Lipinski definition) is 4. The minimum absolute atomic E-state index is 0.193. The zero-order valence-corrected chi connectivity index (χ0v) is 11.0. The maximum Gasteiger partial charge on any atom is 0.270 e. The highest BCUT2D eigenvalue weighted by molar-refractivity contribution is 5.95. The molecule has 6 nitrogen and oxygen atoms in total. The highest BCUT2D eigenvalue weighted by atomic mass is 19.1. The van der Waals surface area contributed by atoms with E-state index in [0.717, 1.165) is 18.2 Å². The summed E-state index contributed by atoms with van der Waals surface area (Å²) in [7, 11) is 3.69. The number of hydrogen-bond donors (Lipinski definition) is 1. The first-order chi connectivity index (χ1) is 8.81. The molecule has 0 saturated carbocycles. The molecule has 1 atom stereocenters. The van der Waals surface area contributed by atoms with E-state index in [-0.39, 0.29) is 17.3 Å². The number of carbonyl (C=O) groups is 1. The second kappa shape index (κ2) is 6.24. The maximum atomic E-state index is 13.5. The molecule has 0 fully saturated rings. The summed E-state index contributed by atoms with van der Waals surface area (Å²) in [6, 6.07) is 2.69. The first kappa shape index (κ1) is 15.0. The van der Waals surface area contributed by atoms with E-state index in [0.29, 0.717) is 6.54 Å². The highest BCUT2D eigenvalue weighted by Crippen LogP contribution is 2.16. The van der Waals surface area contributed by atoms with Gasteiger partial charge in [0.05, 0.1) is 10.5 Å². The van der Waals surface area contributed by atoms with Gasteiger partial charge >= 0.3 is 0 Å². The summed E-state index contributed by atoms with van der Waals surface area (Å²) in [6.07, 6.45) is 0. The lowest BCUT2D eigenvalue weighted by Gasteiger charge is -2.18. The molecule has 0 radical (unpaired) electrons. The van der Waals surface area contributed by atoms with Gasteiger partial charge in [-0.1, -0.05) is 0 Å². The van der Waals surface area contributed by atoms with Crippen LogP contribution in [0.15, 0.2) is 18.2 Å². The minimum atomic E-state index is -0.778. The Labute approximate surface area is 110 Å². The van der Waals surface area contributed by atoms with Crippen LogP contribution in [0, 0.1) is 15.9 Å². The van der Waals surface area contributed by atoms with Crippen molar-refractivity contribution in [1.82, 2.24) is 10.2 Å². The van der Waals surface area contributed by atoms with Crippen LogP contribution < -0.4 is 5.32 Å². The van der Waals surface area contributed by atoms with Crippen molar-refractivity contribution in [2.24, 2.45) is 0 Å². The number of halogens is 1. The van der Waals surface area contributed by atoms with Crippen LogP contribution in [0.4, 0.5) is 10.1 Å². The molecular formula is C12H16FN3O3. The van der Waals surface area contributed by atoms with Gasteiger partial charge in [-0.15, -0.1) is 0 Å². The van der Waals surface area contributed by atoms with Crippen molar-refractivity contribution in [2.45, 2.75) is 13.0 Å². The quantitative estimate of drug-likeness (QED) is 0.648. The second-order valence-corrected chi connectivity index (χ2v) is 4.56. The van der Waals surface area contributed by atoms with Gasteiger partial charge in [0.2, 0.25) is 0 Å². The Morgan fingerprint density at radius 2 is 2.16 bits per heavy atom. The van der Waals surface area contributed by atoms with Crippen molar-refractivity contribution >= 4 is 11.6 Å². The fourth-order valence-electron chi connectivity index (χ4n) is 1.70. The maximum absolute atomic E-state index is 13.5. The van der Waals surface area contributed by atoms with Crippen molar-refractivity contribution in [3.05, 3.63) is 39.7 Å². The number of benzene rings is 1. The molecule has 0 aliphatic carbocycles. The number of carbonyl (C=O) groups excluding carboxylic acids is 1. The van der Waals surface area contributed by atoms with E-state index in [9.17, 15) is 19.3 Å². The van der Waals surface area contributed by atoms with Crippen LogP contribution in [0.5, 0.6) is 0 Å². The van der Waals surface area contributed by atoms with Crippen LogP contribution in [-0.4, -0.2) is 42.4 Å². The monoisotopic (exact) mass is 269 g/mol. The summed E-state index contributed by atoms with van der Waals surface area (Å²) in [5.41, 5.74) is -0.633. The molecule has 104 valence electrons. The molecule has 1 unspecified atom stereocenters. The topological polar surface area (TPSA) is 75.5 Å². The summed E-state index contributed by atoms with van der Waals surface area (Å²) >= 11 is 0. The Morgan fingerprint density at radius 3 is 2.68 bits per heavy atom. The Bertz CT molecular complexity index is 491. The van der Waals surface area contributed by atoms with Gasteiger partial charge in [0, 0.05) is 24.7 Å². The van der Waals surface area contributed by atoms with Gasteiger partial charge in [-0.2, -0.15) is 0 Å². The first-order valence-corrected chi connectivity index (χ1v) is 5.70. The van der Waals surface area contributed by atoms with Gasteiger partial charge in [-0.3, -0.25) is 14.9 Å². The van der Waals surface area contributed by atoms with Crippen molar-refractivity contribution in [2.75, 3.05) is 20.6 Å². The van der Waals surface area contributed by atoms with Crippen molar-refractivity contribution < 1.29 is 14.1 Å². The molecule has 1 aromatic carbocycles. The number of nitrogens with zero attached hydrogens (tertiary/aromatic N) is 2. The largest absolute Gasteiger partial charge is 0.348 e. The summed E-state index contributed by atoms with van der Waals surface area (Å²) in [4.78, 5) is 23.6. The van der Waals surface area contributed by atoms with Gasteiger partial charge < -0.3 is 10.2 Å². The summed E-state index contributed by atoms with van der Waals surface area (Å²) in [5, 5.41) is 13.2. The fourth-order valence-corrected chi connectivity index (χ4v) is 1.70. The van der Waals surface area contributed by atoms with E-state index in [1.807, 2.05) is 19.0 Å². The molecular weight excluding hydrogens is 253 g/mol. The van der Waals surface area contributed by atoms with E-state index < -0.39 is 16.6 Å². The van der Waals surface area contributed by atoms with Gasteiger partial charge in [0.25, 0.3) is 11.6 Å². The van der Waals surface area contributed by atoms with Gasteiger partial charge in [0.1, 0.15) is 5.82 Å². The second-order valence-electron chi connectivity index (χ2n) is 4.56. The Balaban J connectivity index is 2.87. The molecule has 0 aliphatic rings. The molecule has 1 rings (SSSR count). The lowest BCUT2D eigenvalue weighted by Crippen LogP contribution is -2.39. The smallest absolute Gasteiger partial charge is 0.270 e. The minimum Gasteiger partial charge on any atom is -0.348 e. The Hall–Kier alpha value is -2.02.